The van der Waals surface area contributed by atoms with Crippen molar-refractivity contribution in [2.75, 3.05) is 13.6 Å². The highest BCUT2D eigenvalue weighted by molar-refractivity contribution is 5.78. The van der Waals surface area contributed by atoms with E-state index >= 15 is 0 Å². The van der Waals surface area contributed by atoms with E-state index in [9.17, 15) is 9.59 Å². The first-order valence-electron chi connectivity index (χ1n) is 7.83. The lowest BCUT2D eigenvalue weighted by atomic mass is 10.2. The lowest BCUT2D eigenvalue weighted by Crippen LogP contribution is -2.40. The zero-order chi connectivity index (χ0) is 15.8. The van der Waals surface area contributed by atoms with Crippen molar-refractivity contribution >= 4 is 11.9 Å². The molecule has 1 aromatic rings. The van der Waals surface area contributed by atoms with Gasteiger partial charge in [0.25, 0.3) is 0 Å². The predicted molar refractivity (Wildman–Crippen MR) is 84.1 cm³/mol. The summed E-state index contributed by atoms with van der Waals surface area (Å²) in [5.41, 5.74) is 0.833. The highest BCUT2D eigenvalue weighted by Gasteiger charge is 2.17. The Morgan fingerprint density at radius 2 is 2.09 bits per heavy atom. The van der Waals surface area contributed by atoms with Crippen LogP contribution in [-0.2, 0) is 11.3 Å². The Hall–Kier alpha value is -2.11. The summed E-state index contributed by atoms with van der Waals surface area (Å²) in [5, 5.41) is 5.76. The van der Waals surface area contributed by atoms with Crippen LogP contribution in [0.2, 0.25) is 0 Å². The van der Waals surface area contributed by atoms with Gasteiger partial charge in [0, 0.05) is 32.3 Å². The number of hydrogen-bond acceptors (Lipinski definition) is 3. The number of rotatable bonds is 6. The number of nitrogens with one attached hydrogen (secondary N) is 2. The second-order valence-electron chi connectivity index (χ2n) is 5.71. The zero-order valence-electron chi connectivity index (χ0n) is 13.0. The largest absolute Gasteiger partial charge is 0.353 e. The van der Waals surface area contributed by atoms with E-state index in [2.05, 4.69) is 15.6 Å². The standard InChI is InChI=1S/C16H24N4O2/c1-20(12-14-8-4-5-10-17-14)16(22)18-11-9-15(21)19-13-6-2-3-7-13/h4-5,8,10,13H,2-3,6-7,9,11-12H2,1H3,(H,18,22)(H,19,21). The molecule has 2 N–H and O–H groups in total. The van der Waals surface area contributed by atoms with Gasteiger partial charge in [-0.15, -0.1) is 0 Å². The minimum Gasteiger partial charge on any atom is -0.353 e. The molecule has 0 atom stereocenters. The Bertz CT molecular complexity index is 486. The van der Waals surface area contributed by atoms with Crippen LogP contribution in [0.25, 0.3) is 0 Å². The summed E-state index contributed by atoms with van der Waals surface area (Å²) in [4.78, 5) is 29.4. The summed E-state index contributed by atoms with van der Waals surface area (Å²) in [6.07, 6.45) is 6.56. The third kappa shape index (κ3) is 5.35. The highest BCUT2D eigenvalue weighted by Crippen LogP contribution is 2.17. The smallest absolute Gasteiger partial charge is 0.317 e. The molecule has 0 spiro atoms. The normalized spacial score (nSPS) is 14.6. The second-order valence-corrected chi connectivity index (χ2v) is 5.71. The van der Waals surface area contributed by atoms with Gasteiger partial charge in [-0.05, 0) is 25.0 Å². The van der Waals surface area contributed by atoms with E-state index in [1.165, 1.54) is 12.8 Å². The maximum atomic E-state index is 11.9. The van der Waals surface area contributed by atoms with Gasteiger partial charge in [0.2, 0.25) is 5.91 Å². The molecule has 0 radical (unpaired) electrons. The lowest BCUT2D eigenvalue weighted by Gasteiger charge is -2.17. The van der Waals surface area contributed by atoms with E-state index in [4.69, 9.17) is 0 Å². The molecule has 0 unspecified atom stereocenters. The average molecular weight is 304 g/mol. The van der Waals surface area contributed by atoms with Crippen molar-refractivity contribution in [2.45, 2.75) is 44.7 Å². The molecule has 2 rings (SSSR count). The van der Waals surface area contributed by atoms with E-state index in [0.717, 1.165) is 18.5 Å². The Labute approximate surface area is 131 Å². The minimum absolute atomic E-state index is 0.0135. The molecule has 0 aliphatic heterocycles. The molecule has 1 aliphatic carbocycles. The quantitative estimate of drug-likeness (QED) is 0.839. The monoisotopic (exact) mass is 304 g/mol. The Morgan fingerprint density at radius 3 is 2.77 bits per heavy atom. The molecule has 120 valence electrons. The van der Waals surface area contributed by atoms with Gasteiger partial charge in [-0.1, -0.05) is 18.9 Å². The van der Waals surface area contributed by atoms with Crippen molar-refractivity contribution in [3.63, 3.8) is 0 Å². The van der Waals surface area contributed by atoms with E-state index in [1.54, 1.807) is 18.1 Å². The third-order valence-electron chi connectivity index (χ3n) is 3.82. The van der Waals surface area contributed by atoms with Crippen LogP contribution in [0.4, 0.5) is 4.79 Å². The van der Waals surface area contributed by atoms with Crippen molar-refractivity contribution < 1.29 is 9.59 Å². The summed E-state index contributed by atoms with van der Waals surface area (Å²) in [5.74, 6) is 0.0135. The Balaban J connectivity index is 1.63. The number of carbonyl (C=O) groups excluding carboxylic acids is 2. The van der Waals surface area contributed by atoms with Gasteiger partial charge in [-0.3, -0.25) is 9.78 Å². The van der Waals surface area contributed by atoms with Crippen LogP contribution in [0.3, 0.4) is 0 Å². The molecule has 1 saturated carbocycles. The SMILES string of the molecule is CN(Cc1ccccn1)C(=O)NCCC(=O)NC1CCCC1. The molecule has 6 nitrogen and oxygen atoms in total. The summed E-state index contributed by atoms with van der Waals surface area (Å²) < 4.78 is 0. The number of urea groups is 1. The van der Waals surface area contributed by atoms with Crippen LogP contribution in [0.5, 0.6) is 0 Å². The predicted octanol–water partition coefficient (Wildman–Crippen LogP) is 1.67. The molecule has 3 amide bonds. The van der Waals surface area contributed by atoms with E-state index in [1.807, 2.05) is 18.2 Å². The number of hydrogen-bond donors (Lipinski definition) is 2. The number of carbonyl (C=O) groups is 2. The first kappa shape index (κ1) is 16.3. The van der Waals surface area contributed by atoms with Crippen LogP contribution in [0, 0.1) is 0 Å². The number of amides is 3. The molecule has 1 heterocycles. The van der Waals surface area contributed by atoms with E-state index < -0.39 is 0 Å². The first-order valence-corrected chi connectivity index (χ1v) is 7.83. The zero-order valence-corrected chi connectivity index (χ0v) is 13.0. The van der Waals surface area contributed by atoms with Crippen LogP contribution in [0.1, 0.15) is 37.8 Å². The number of aromatic nitrogens is 1. The van der Waals surface area contributed by atoms with Crippen LogP contribution < -0.4 is 10.6 Å². The van der Waals surface area contributed by atoms with Crippen LogP contribution in [-0.4, -0.2) is 41.5 Å². The maximum absolute atomic E-state index is 11.9. The Kier molecular flexibility index (Phi) is 6.18. The molecular weight excluding hydrogens is 280 g/mol. The fourth-order valence-corrected chi connectivity index (χ4v) is 2.59. The number of pyridine rings is 1. The molecule has 1 aliphatic rings. The van der Waals surface area contributed by atoms with Gasteiger partial charge in [0.15, 0.2) is 0 Å². The summed E-state index contributed by atoms with van der Waals surface area (Å²) in [6.45, 7) is 0.797. The van der Waals surface area contributed by atoms with Gasteiger partial charge >= 0.3 is 6.03 Å². The first-order chi connectivity index (χ1) is 10.6. The summed E-state index contributed by atoms with van der Waals surface area (Å²) in [6, 6.07) is 5.74. The van der Waals surface area contributed by atoms with E-state index in [0.29, 0.717) is 25.6 Å². The lowest BCUT2D eigenvalue weighted by molar-refractivity contribution is -0.121. The van der Waals surface area contributed by atoms with Gasteiger partial charge in [-0.2, -0.15) is 0 Å². The van der Waals surface area contributed by atoms with Crippen molar-refractivity contribution in [2.24, 2.45) is 0 Å². The number of nitrogens with zero attached hydrogens (tertiary/aromatic N) is 2. The molecular formula is C16H24N4O2. The third-order valence-corrected chi connectivity index (χ3v) is 3.82. The van der Waals surface area contributed by atoms with Gasteiger partial charge in [-0.25, -0.2) is 4.79 Å². The van der Waals surface area contributed by atoms with E-state index in [-0.39, 0.29) is 11.9 Å². The molecule has 1 fully saturated rings. The fourth-order valence-electron chi connectivity index (χ4n) is 2.59. The summed E-state index contributed by atoms with van der Waals surface area (Å²) >= 11 is 0. The maximum Gasteiger partial charge on any atom is 0.317 e. The molecule has 1 aromatic heterocycles. The highest BCUT2D eigenvalue weighted by atomic mass is 16.2. The van der Waals surface area contributed by atoms with Crippen LogP contribution in [0.15, 0.2) is 24.4 Å². The molecule has 0 bridgehead atoms. The van der Waals surface area contributed by atoms with Crippen molar-refractivity contribution in [3.8, 4) is 0 Å². The van der Waals surface area contributed by atoms with Crippen LogP contribution >= 0.6 is 0 Å². The second kappa shape index (κ2) is 8.36. The van der Waals surface area contributed by atoms with Crippen molar-refractivity contribution in [3.05, 3.63) is 30.1 Å². The Morgan fingerprint density at radius 1 is 1.32 bits per heavy atom. The van der Waals surface area contributed by atoms with Crippen molar-refractivity contribution in [1.29, 1.82) is 0 Å². The molecule has 0 aromatic carbocycles. The van der Waals surface area contributed by atoms with Crippen molar-refractivity contribution in [1.82, 2.24) is 20.5 Å². The summed E-state index contributed by atoms with van der Waals surface area (Å²) in [7, 11) is 1.71. The van der Waals surface area contributed by atoms with Gasteiger partial charge in [0.05, 0.1) is 12.2 Å². The van der Waals surface area contributed by atoms with Gasteiger partial charge in [0.1, 0.15) is 0 Å². The van der Waals surface area contributed by atoms with Gasteiger partial charge < -0.3 is 15.5 Å². The fraction of sp³-hybridized carbons (Fsp3) is 0.562. The molecule has 6 heteroatoms. The minimum atomic E-state index is -0.195. The topological polar surface area (TPSA) is 74.3 Å². The molecule has 0 saturated heterocycles. The average Bonchev–Trinajstić information content (AvgIpc) is 3.01. The molecule has 22 heavy (non-hydrogen) atoms.